The molecule has 2 nitrogen and oxygen atoms in total. The summed E-state index contributed by atoms with van der Waals surface area (Å²) in [5.74, 6) is 0. The first-order valence-corrected chi connectivity index (χ1v) is 2.07. The van der Waals surface area contributed by atoms with Crippen LogP contribution in [0.4, 0.5) is 0 Å². The first-order valence-electron chi connectivity index (χ1n) is 2.07. The Balaban J connectivity index is 0. The summed E-state index contributed by atoms with van der Waals surface area (Å²) in [6, 6.07) is 0. The van der Waals surface area contributed by atoms with Gasteiger partial charge in [-0.2, -0.15) is 0 Å². The van der Waals surface area contributed by atoms with Crippen molar-refractivity contribution in [1.29, 1.82) is 0 Å². The third-order valence-corrected chi connectivity index (χ3v) is 0.408. The summed E-state index contributed by atoms with van der Waals surface area (Å²) >= 11 is 0. The normalized spacial score (nSPS) is 12.4. The van der Waals surface area contributed by atoms with E-state index in [2.05, 4.69) is 4.74 Å². The average molecular weight is 106 g/mol. The minimum absolute atomic E-state index is 0. The summed E-state index contributed by atoms with van der Waals surface area (Å²) in [6.07, 6.45) is -0.602. The molecular weight excluding hydrogens is 92.1 g/mol. The lowest BCUT2D eigenvalue weighted by Gasteiger charge is -1.99. The van der Waals surface area contributed by atoms with E-state index in [1.54, 1.807) is 6.92 Å². The van der Waals surface area contributed by atoms with Crippen LogP contribution in [0.25, 0.3) is 0 Å². The number of rotatable bonds is 2. The standard InChI is InChI=1S/C4H10O2.CH4/c1-3-6-4(2)5;/h4-5H,3H2,1-2H3;1H4. The van der Waals surface area contributed by atoms with Crippen molar-refractivity contribution in [2.24, 2.45) is 0 Å². The van der Waals surface area contributed by atoms with E-state index in [1.165, 1.54) is 0 Å². The van der Waals surface area contributed by atoms with Gasteiger partial charge in [0.15, 0.2) is 6.29 Å². The monoisotopic (exact) mass is 106 g/mol. The van der Waals surface area contributed by atoms with Crippen LogP contribution >= 0.6 is 0 Å². The van der Waals surface area contributed by atoms with Crippen molar-refractivity contribution in [3.05, 3.63) is 0 Å². The average Bonchev–Trinajstić information content (AvgIpc) is 1.35. The van der Waals surface area contributed by atoms with Crippen molar-refractivity contribution in [2.45, 2.75) is 27.6 Å². The Morgan fingerprint density at radius 3 is 2.14 bits per heavy atom. The number of hydrogen-bond acceptors (Lipinski definition) is 2. The second-order valence-corrected chi connectivity index (χ2v) is 1.05. The first-order chi connectivity index (χ1) is 2.77. The Hall–Kier alpha value is -0.0800. The van der Waals surface area contributed by atoms with Gasteiger partial charge in [-0.1, -0.05) is 7.43 Å². The lowest BCUT2D eigenvalue weighted by atomic mass is 10.7. The van der Waals surface area contributed by atoms with E-state index in [4.69, 9.17) is 5.11 Å². The van der Waals surface area contributed by atoms with Crippen LogP contribution in [0, 0.1) is 0 Å². The van der Waals surface area contributed by atoms with E-state index in [9.17, 15) is 0 Å². The van der Waals surface area contributed by atoms with E-state index in [0.29, 0.717) is 6.61 Å². The van der Waals surface area contributed by atoms with Gasteiger partial charge in [0, 0.05) is 6.61 Å². The van der Waals surface area contributed by atoms with Gasteiger partial charge >= 0.3 is 0 Å². The molecule has 0 spiro atoms. The molecular formula is C5H14O2. The molecule has 0 aromatic heterocycles. The van der Waals surface area contributed by atoms with Crippen molar-refractivity contribution in [3.8, 4) is 0 Å². The summed E-state index contributed by atoms with van der Waals surface area (Å²) in [5, 5.41) is 8.33. The van der Waals surface area contributed by atoms with Gasteiger partial charge in [0.1, 0.15) is 0 Å². The first kappa shape index (κ1) is 10.0. The Labute approximate surface area is 45.1 Å². The molecule has 0 aromatic carbocycles. The van der Waals surface area contributed by atoms with E-state index < -0.39 is 6.29 Å². The summed E-state index contributed by atoms with van der Waals surface area (Å²) in [7, 11) is 0. The summed E-state index contributed by atoms with van der Waals surface area (Å²) in [5.41, 5.74) is 0. The van der Waals surface area contributed by atoms with Crippen LogP contribution in [0.5, 0.6) is 0 Å². The molecule has 0 rings (SSSR count). The predicted octanol–water partition coefficient (Wildman–Crippen LogP) is 0.997. The van der Waals surface area contributed by atoms with Gasteiger partial charge in [0.05, 0.1) is 0 Å². The number of ether oxygens (including phenoxy) is 1. The molecule has 0 amide bonds. The topological polar surface area (TPSA) is 29.5 Å². The molecule has 1 atom stereocenters. The lowest BCUT2D eigenvalue weighted by Crippen LogP contribution is -2.04. The molecule has 2 heteroatoms. The lowest BCUT2D eigenvalue weighted by molar-refractivity contribution is -0.0800. The zero-order valence-electron chi connectivity index (χ0n) is 4.14. The molecule has 0 aliphatic rings. The molecule has 0 aliphatic carbocycles. The van der Waals surface area contributed by atoms with Crippen LogP contribution < -0.4 is 0 Å². The smallest absolute Gasteiger partial charge is 0.151 e. The molecule has 0 aromatic rings. The fourth-order valence-corrected chi connectivity index (χ4v) is 0.241. The van der Waals surface area contributed by atoms with Crippen molar-refractivity contribution < 1.29 is 9.84 Å². The largest absolute Gasteiger partial charge is 0.368 e. The van der Waals surface area contributed by atoms with Gasteiger partial charge in [-0.15, -0.1) is 0 Å². The van der Waals surface area contributed by atoms with Crippen LogP contribution in [0.15, 0.2) is 0 Å². The van der Waals surface area contributed by atoms with Crippen LogP contribution in [0.1, 0.15) is 21.3 Å². The maximum absolute atomic E-state index is 8.33. The van der Waals surface area contributed by atoms with Crippen molar-refractivity contribution in [2.75, 3.05) is 6.61 Å². The minimum Gasteiger partial charge on any atom is -0.368 e. The maximum Gasteiger partial charge on any atom is 0.151 e. The number of hydrogen-bond donors (Lipinski definition) is 1. The van der Waals surface area contributed by atoms with Gasteiger partial charge in [0.25, 0.3) is 0 Å². The number of aliphatic hydroxyl groups is 1. The molecule has 7 heavy (non-hydrogen) atoms. The molecule has 0 heterocycles. The van der Waals surface area contributed by atoms with Crippen molar-refractivity contribution >= 4 is 0 Å². The van der Waals surface area contributed by atoms with Crippen molar-refractivity contribution in [1.82, 2.24) is 0 Å². The molecule has 46 valence electrons. The molecule has 0 bridgehead atoms. The molecule has 0 saturated carbocycles. The molecule has 0 saturated heterocycles. The third-order valence-electron chi connectivity index (χ3n) is 0.408. The Morgan fingerprint density at radius 2 is 2.14 bits per heavy atom. The summed E-state index contributed by atoms with van der Waals surface area (Å²) in [6.45, 7) is 4.01. The highest BCUT2D eigenvalue weighted by molar-refractivity contribution is 4.17. The van der Waals surface area contributed by atoms with Gasteiger partial charge in [0.2, 0.25) is 0 Å². The van der Waals surface area contributed by atoms with Gasteiger partial charge in [-0.3, -0.25) is 0 Å². The van der Waals surface area contributed by atoms with Crippen molar-refractivity contribution in [3.63, 3.8) is 0 Å². The molecule has 1 unspecified atom stereocenters. The minimum atomic E-state index is -0.602. The van der Waals surface area contributed by atoms with Crippen LogP contribution in [-0.2, 0) is 4.74 Å². The fraction of sp³-hybridized carbons (Fsp3) is 1.00. The van der Waals surface area contributed by atoms with E-state index in [1.807, 2.05) is 6.92 Å². The molecule has 1 N–H and O–H groups in total. The molecule has 0 aliphatic heterocycles. The maximum atomic E-state index is 8.33. The highest BCUT2D eigenvalue weighted by atomic mass is 16.6. The molecule has 0 radical (unpaired) electrons. The summed E-state index contributed by atoms with van der Waals surface area (Å²) in [4.78, 5) is 0. The fourth-order valence-electron chi connectivity index (χ4n) is 0.241. The van der Waals surface area contributed by atoms with Gasteiger partial charge in [-0.25, -0.2) is 0 Å². The second kappa shape index (κ2) is 5.92. The SMILES string of the molecule is C.CCOC(C)O. The Morgan fingerprint density at radius 1 is 1.71 bits per heavy atom. The van der Waals surface area contributed by atoms with E-state index in [0.717, 1.165) is 0 Å². The molecule has 0 fully saturated rings. The number of aliphatic hydroxyl groups excluding tert-OH is 1. The highest BCUT2D eigenvalue weighted by Crippen LogP contribution is 1.78. The second-order valence-electron chi connectivity index (χ2n) is 1.05. The zero-order valence-corrected chi connectivity index (χ0v) is 4.14. The van der Waals surface area contributed by atoms with Crippen LogP contribution in [-0.4, -0.2) is 18.0 Å². The zero-order chi connectivity index (χ0) is 4.99. The van der Waals surface area contributed by atoms with E-state index in [-0.39, 0.29) is 7.43 Å². The summed E-state index contributed by atoms with van der Waals surface area (Å²) < 4.78 is 4.60. The predicted molar refractivity (Wildman–Crippen MR) is 30.0 cm³/mol. The quantitative estimate of drug-likeness (QED) is 0.532. The Bertz CT molecular complexity index is 27.3. The van der Waals surface area contributed by atoms with Crippen LogP contribution in [0.2, 0.25) is 0 Å². The highest BCUT2D eigenvalue weighted by Gasteiger charge is 1.85. The van der Waals surface area contributed by atoms with Gasteiger partial charge < -0.3 is 9.84 Å². The van der Waals surface area contributed by atoms with E-state index >= 15 is 0 Å². The van der Waals surface area contributed by atoms with Crippen LogP contribution in [0.3, 0.4) is 0 Å². The third kappa shape index (κ3) is 10.7. The van der Waals surface area contributed by atoms with Gasteiger partial charge in [-0.05, 0) is 13.8 Å². The Kier molecular flexibility index (Phi) is 8.47.